The lowest BCUT2D eigenvalue weighted by Gasteiger charge is -2.21. The molecule has 1 amide bonds. The van der Waals surface area contributed by atoms with Crippen LogP contribution >= 0.6 is 0 Å². The van der Waals surface area contributed by atoms with E-state index < -0.39 is 18.2 Å². The molecule has 0 saturated heterocycles. The topological polar surface area (TPSA) is 89.8 Å². The molecule has 5 heteroatoms. The minimum absolute atomic E-state index is 0.00592. The fourth-order valence-electron chi connectivity index (χ4n) is 6.88. The maximum atomic E-state index is 12.4. The molecule has 0 aliphatic heterocycles. The van der Waals surface area contributed by atoms with Crippen molar-refractivity contribution in [2.45, 2.75) is 250 Å². The summed E-state index contributed by atoms with van der Waals surface area (Å²) in [6, 6.07) is -0.758. The first-order valence-electron chi connectivity index (χ1n) is 22.8. The molecule has 52 heavy (non-hydrogen) atoms. The molecule has 0 aromatic heterocycles. The Hall–Kier alpha value is -1.43. The number of carbonyl (C=O) groups excluding carboxylic acids is 1. The van der Waals surface area contributed by atoms with Crippen molar-refractivity contribution in [3.8, 4) is 0 Å². The van der Waals surface area contributed by atoms with Crippen LogP contribution in [0.15, 0.2) is 36.5 Å². The van der Waals surface area contributed by atoms with Gasteiger partial charge in [0.2, 0.25) is 5.91 Å². The molecule has 0 aromatic rings. The first-order valence-corrected chi connectivity index (χ1v) is 22.8. The van der Waals surface area contributed by atoms with E-state index in [0.29, 0.717) is 6.42 Å². The highest BCUT2D eigenvalue weighted by Crippen LogP contribution is 2.16. The monoisotopic (exact) mass is 732 g/mol. The Morgan fingerprint density at radius 3 is 1.27 bits per heavy atom. The summed E-state index contributed by atoms with van der Waals surface area (Å²) in [5.74, 6) is -0.328. The largest absolute Gasteiger partial charge is 0.394 e. The first-order chi connectivity index (χ1) is 25.5. The number of hydrogen-bond acceptors (Lipinski definition) is 4. The fourth-order valence-corrected chi connectivity index (χ4v) is 6.88. The summed E-state index contributed by atoms with van der Waals surface area (Å²) in [4.78, 5) is 12.4. The van der Waals surface area contributed by atoms with E-state index in [1.165, 1.54) is 173 Å². The number of amides is 1. The molecule has 3 unspecified atom stereocenters. The van der Waals surface area contributed by atoms with Crippen molar-refractivity contribution in [2.24, 2.45) is 0 Å². The summed E-state index contributed by atoms with van der Waals surface area (Å²) in [5, 5.41) is 33.0. The van der Waals surface area contributed by atoms with Gasteiger partial charge in [-0.05, 0) is 57.8 Å². The maximum Gasteiger partial charge on any atom is 0.222 e. The quantitative estimate of drug-likeness (QED) is 0.0372. The fraction of sp³-hybridized carbons (Fsp3) is 0.851. The predicted molar refractivity (Wildman–Crippen MR) is 227 cm³/mol. The number of nitrogens with one attached hydrogen (secondary N) is 1. The molecule has 3 atom stereocenters. The molecule has 0 aromatic carbocycles. The van der Waals surface area contributed by atoms with Crippen molar-refractivity contribution in [1.82, 2.24) is 5.32 Å². The van der Waals surface area contributed by atoms with Crippen LogP contribution in [0.1, 0.15) is 232 Å². The highest BCUT2D eigenvalue weighted by Gasteiger charge is 2.20. The number of allylic oxidation sites excluding steroid dienone is 5. The average Bonchev–Trinajstić information content (AvgIpc) is 3.14. The standard InChI is InChI=1S/C47H89NO4/c1-3-5-7-9-11-13-14-15-16-17-18-19-20-21-22-23-24-25-26-27-28-29-30-31-33-34-36-38-40-44(50)42-47(52)48-45(43-49)46(51)41-39-37-35-32-12-10-8-6-4-2/h12,21-22,32,39,41,44-46,49-51H,3-11,13-20,23-31,33-38,40,42-43H2,1-2H3,(H,48,52)/b22-21-,32-12+,41-39+. The van der Waals surface area contributed by atoms with E-state index in [4.69, 9.17) is 0 Å². The zero-order valence-electron chi connectivity index (χ0n) is 34.7. The highest BCUT2D eigenvalue weighted by molar-refractivity contribution is 5.76. The second-order valence-electron chi connectivity index (χ2n) is 15.6. The second-order valence-corrected chi connectivity index (χ2v) is 15.6. The van der Waals surface area contributed by atoms with Gasteiger partial charge in [0.1, 0.15) is 0 Å². The van der Waals surface area contributed by atoms with Crippen LogP contribution in [-0.4, -0.2) is 46.1 Å². The normalized spacial score (nSPS) is 13.9. The molecule has 4 N–H and O–H groups in total. The lowest BCUT2D eigenvalue weighted by molar-refractivity contribution is -0.124. The van der Waals surface area contributed by atoms with E-state index in [-0.39, 0.29) is 18.9 Å². The summed E-state index contributed by atoms with van der Waals surface area (Å²) in [6.45, 7) is 4.15. The minimum atomic E-state index is -0.948. The van der Waals surface area contributed by atoms with E-state index in [1.807, 2.05) is 6.08 Å². The summed E-state index contributed by atoms with van der Waals surface area (Å²) < 4.78 is 0. The molecule has 0 heterocycles. The molecule has 306 valence electrons. The maximum absolute atomic E-state index is 12.4. The Morgan fingerprint density at radius 1 is 0.481 bits per heavy atom. The smallest absolute Gasteiger partial charge is 0.222 e. The van der Waals surface area contributed by atoms with Crippen molar-refractivity contribution in [3.63, 3.8) is 0 Å². The van der Waals surface area contributed by atoms with Gasteiger partial charge in [0.15, 0.2) is 0 Å². The molecule has 0 aliphatic carbocycles. The van der Waals surface area contributed by atoms with Crippen LogP contribution in [0.25, 0.3) is 0 Å². The Kier molecular flexibility index (Phi) is 41.1. The Balaban J connectivity index is 3.53. The van der Waals surface area contributed by atoms with Crippen molar-refractivity contribution >= 4 is 5.91 Å². The summed E-state index contributed by atoms with van der Waals surface area (Å²) in [6.07, 6.45) is 53.2. The van der Waals surface area contributed by atoms with Gasteiger partial charge < -0.3 is 20.6 Å². The van der Waals surface area contributed by atoms with Gasteiger partial charge in [0, 0.05) is 0 Å². The van der Waals surface area contributed by atoms with Crippen LogP contribution in [0.5, 0.6) is 0 Å². The summed E-state index contributed by atoms with van der Waals surface area (Å²) in [7, 11) is 0. The molecule has 0 fully saturated rings. The third kappa shape index (κ3) is 38.3. The molecule has 0 spiro atoms. The highest BCUT2D eigenvalue weighted by atomic mass is 16.3. The molecule has 0 bridgehead atoms. The molecule has 0 saturated carbocycles. The van der Waals surface area contributed by atoms with Crippen LogP contribution in [-0.2, 0) is 4.79 Å². The van der Waals surface area contributed by atoms with E-state index >= 15 is 0 Å². The molecule has 0 radical (unpaired) electrons. The van der Waals surface area contributed by atoms with Crippen LogP contribution in [0, 0.1) is 0 Å². The van der Waals surface area contributed by atoms with Gasteiger partial charge in [-0.25, -0.2) is 0 Å². The molecular formula is C47H89NO4. The Bertz CT molecular complexity index is 809. The van der Waals surface area contributed by atoms with E-state index in [1.54, 1.807) is 6.08 Å². The van der Waals surface area contributed by atoms with Gasteiger partial charge >= 0.3 is 0 Å². The van der Waals surface area contributed by atoms with Gasteiger partial charge in [-0.2, -0.15) is 0 Å². The van der Waals surface area contributed by atoms with Gasteiger partial charge in [-0.15, -0.1) is 0 Å². The third-order valence-electron chi connectivity index (χ3n) is 10.4. The Morgan fingerprint density at radius 2 is 0.827 bits per heavy atom. The first kappa shape index (κ1) is 50.6. The zero-order chi connectivity index (χ0) is 38.0. The van der Waals surface area contributed by atoms with Crippen molar-refractivity contribution in [2.75, 3.05) is 6.61 Å². The van der Waals surface area contributed by atoms with Crippen molar-refractivity contribution in [1.29, 1.82) is 0 Å². The van der Waals surface area contributed by atoms with Gasteiger partial charge in [0.05, 0.1) is 31.3 Å². The van der Waals surface area contributed by atoms with Crippen molar-refractivity contribution in [3.05, 3.63) is 36.5 Å². The summed E-state index contributed by atoms with van der Waals surface area (Å²) in [5.41, 5.74) is 0. The number of aliphatic hydroxyl groups is 3. The number of rotatable bonds is 41. The van der Waals surface area contributed by atoms with Gasteiger partial charge in [-0.1, -0.05) is 204 Å². The second kappa shape index (κ2) is 42.3. The molecular weight excluding hydrogens is 643 g/mol. The van der Waals surface area contributed by atoms with Crippen molar-refractivity contribution < 1.29 is 20.1 Å². The third-order valence-corrected chi connectivity index (χ3v) is 10.4. The number of unbranched alkanes of at least 4 members (excludes halogenated alkanes) is 28. The number of hydrogen-bond donors (Lipinski definition) is 4. The SMILES string of the molecule is CCCCC/C=C/CC/C=C/C(O)C(CO)NC(=O)CC(O)CCCCCCCCCCCCCC/C=C\CCCCCCCCCCCCCC. The number of carbonyl (C=O) groups is 1. The van der Waals surface area contributed by atoms with Crippen LogP contribution in [0.3, 0.4) is 0 Å². The summed E-state index contributed by atoms with van der Waals surface area (Å²) >= 11 is 0. The zero-order valence-corrected chi connectivity index (χ0v) is 34.7. The van der Waals surface area contributed by atoms with Gasteiger partial charge in [-0.3, -0.25) is 4.79 Å². The molecule has 0 rings (SSSR count). The van der Waals surface area contributed by atoms with Gasteiger partial charge in [0.25, 0.3) is 0 Å². The Labute approximate surface area is 324 Å². The van der Waals surface area contributed by atoms with Crippen LogP contribution < -0.4 is 5.32 Å². The van der Waals surface area contributed by atoms with Crippen LogP contribution in [0.2, 0.25) is 0 Å². The number of aliphatic hydroxyl groups excluding tert-OH is 3. The van der Waals surface area contributed by atoms with E-state index in [2.05, 4.69) is 43.5 Å². The van der Waals surface area contributed by atoms with E-state index in [9.17, 15) is 20.1 Å². The average molecular weight is 732 g/mol. The minimum Gasteiger partial charge on any atom is -0.394 e. The van der Waals surface area contributed by atoms with Crippen LogP contribution in [0.4, 0.5) is 0 Å². The lowest BCUT2D eigenvalue weighted by Crippen LogP contribution is -2.45. The lowest BCUT2D eigenvalue weighted by atomic mass is 10.0. The predicted octanol–water partition coefficient (Wildman–Crippen LogP) is 13.2. The molecule has 0 aliphatic rings. The molecule has 5 nitrogen and oxygen atoms in total. The van der Waals surface area contributed by atoms with E-state index in [0.717, 1.165) is 32.1 Å².